The van der Waals surface area contributed by atoms with E-state index in [2.05, 4.69) is 72.9 Å². The standard InChI is InChI=1S/C18H24N2/c1-2-20-18(15-19,13-16-9-5-3-6-10-16)14-17-11-7-4-8-12-17/h3-12,20H,2,13-15,19H2,1H3. The van der Waals surface area contributed by atoms with Gasteiger partial charge in [0.2, 0.25) is 0 Å². The normalized spacial score (nSPS) is 11.5. The van der Waals surface area contributed by atoms with Crippen molar-refractivity contribution >= 4 is 0 Å². The highest BCUT2D eigenvalue weighted by Gasteiger charge is 2.28. The highest BCUT2D eigenvalue weighted by atomic mass is 15.0. The van der Waals surface area contributed by atoms with E-state index >= 15 is 0 Å². The third-order valence-electron chi connectivity index (χ3n) is 3.71. The largest absolute Gasteiger partial charge is 0.329 e. The summed E-state index contributed by atoms with van der Waals surface area (Å²) in [4.78, 5) is 0. The molecule has 0 atom stereocenters. The van der Waals surface area contributed by atoms with Crippen molar-refractivity contribution in [1.29, 1.82) is 0 Å². The Bertz CT molecular complexity index is 452. The Kier molecular flexibility index (Phi) is 5.33. The summed E-state index contributed by atoms with van der Waals surface area (Å²) >= 11 is 0. The first kappa shape index (κ1) is 14.8. The first-order chi connectivity index (χ1) is 9.78. The summed E-state index contributed by atoms with van der Waals surface area (Å²) < 4.78 is 0. The van der Waals surface area contributed by atoms with Gasteiger partial charge in [-0.05, 0) is 30.5 Å². The van der Waals surface area contributed by atoms with Crippen molar-refractivity contribution in [3.63, 3.8) is 0 Å². The first-order valence-electron chi connectivity index (χ1n) is 7.31. The SMILES string of the molecule is CCNC(CN)(Cc1ccccc1)Cc1ccccc1. The molecule has 0 bridgehead atoms. The van der Waals surface area contributed by atoms with Crippen LogP contribution in [0.4, 0.5) is 0 Å². The summed E-state index contributed by atoms with van der Waals surface area (Å²) in [6.07, 6.45) is 1.90. The van der Waals surface area contributed by atoms with Gasteiger partial charge < -0.3 is 11.1 Å². The minimum atomic E-state index is -0.0720. The Hall–Kier alpha value is -1.64. The number of likely N-dealkylation sites (N-methyl/N-ethyl adjacent to an activating group) is 1. The molecule has 106 valence electrons. The highest BCUT2D eigenvalue weighted by Crippen LogP contribution is 2.18. The fraction of sp³-hybridized carbons (Fsp3) is 0.333. The van der Waals surface area contributed by atoms with Crippen molar-refractivity contribution in [2.24, 2.45) is 5.73 Å². The van der Waals surface area contributed by atoms with E-state index in [1.165, 1.54) is 11.1 Å². The molecule has 0 aromatic heterocycles. The fourth-order valence-corrected chi connectivity index (χ4v) is 2.75. The Labute approximate surface area is 122 Å². The van der Waals surface area contributed by atoms with Crippen molar-refractivity contribution in [1.82, 2.24) is 5.32 Å². The maximum atomic E-state index is 6.13. The molecule has 3 N–H and O–H groups in total. The zero-order chi connectivity index (χ0) is 14.3. The summed E-state index contributed by atoms with van der Waals surface area (Å²) in [5.41, 5.74) is 8.71. The summed E-state index contributed by atoms with van der Waals surface area (Å²) in [7, 11) is 0. The molecule has 0 fully saturated rings. The van der Waals surface area contributed by atoms with Gasteiger partial charge in [0.1, 0.15) is 0 Å². The second-order valence-electron chi connectivity index (χ2n) is 5.34. The average molecular weight is 268 g/mol. The van der Waals surface area contributed by atoms with Gasteiger partial charge in [0.25, 0.3) is 0 Å². The molecule has 0 saturated heterocycles. The molecule has 0 spiro atoms. The van der Waals surface area contributed by atoms with Crippen LogP contribution in [0.5, 0.6) is 0 Å². The molecule has 2 aromatic rings. The zero-order valence-corrected chi connectivity index (χ0v) is 12.2. The lowest BCUT2D eigenvalue weighted by atomic mass is 9.84. The number of nitrogens with two attached hydrogens (primary N) is 1. The smallest absolute Gasteiger partial charge is 0.0385 e. The Morgan fingerprint density at radius 1 is 0.850 bits per heavy atom. The van der Waals surface area contributed by atoms with Gasteiger partial charge in [-0.3, -0.25) is 0 Å². The number of hydrogen-bond donors (Lipinski definition) is 2. The first-order valence-corrected chi connectivity index (χ1v) is 7.31. The van der Waals surface area contributed by atoms with Crippen LogP contribution in [0, 0.1) is 0 Å². The number of hydrogen-bond acceptors (Lipinski definition) is 2. The van der Waals surface area contributed by atoms with Crippen LogP contribution in [0.3, 0.4) is 0 Å². The van der Waals surface area contributed by atoms with E-state index < -0.39 is 0 Å². The number of rotatable bonds is 7. The molecule has 2 rings (SSSR count). The minimum absolute atomic E-state index is 0.0720. The molecule has 2 aromatic carbocycles. The van der Waals surface area contributed by atoms with Crippen LogP contribution in [-0.2, 0) is 12.8 Å². The van der Waals surface area contributed by atoms with Gasteiger partial charge in [-0.25, -0.2) is 0 Å². The third kappa shape index (κ3) is 3.92. The lowest BCUT2D eigenvalue weighted by molar-refractivity contribution is 0.334. The van der Waals surface area contributed by atoms with E-state index in [4.69, 9.17) is 5.73 Å². The lowest BCUT2D eigenvalue weighted by Crippen LogP contribution is -2.54. The van der Waals surface area contributed by atoms with E-state index in [-0.39, 0.29) is 5.54 Å². The molecule has 0 aliphatic rings. The van der Waals surface area contributed by atoms with Crippen molar-refractivity contribution in [2.75, 3.05) is 13.1 Å². The zero-order valence-electron chi connectivity index (χ0n) is 12.2. The Morgan fingerprint density at radius 2 is 1.30 bits per heavy atom. The average Bonchev–Trinajstić information content (AvgIpc) is 2.49. The van der Waals surface area contributed by atoms with Crippen LogP contribution in [0.1, 0.15) is 18.1 Å². The molecular formula is C18H24N2. The summed E-state index contributed by atoms with van der Waals surface area (Å²) in [5, 5.41) is 3.62. The molecule has 0 heterocycles. The molecule has 0 aliphatic heterocycles. The lowest BCUT2D eigenvalue weighted by Gasteiger charge is -2.34. The predicted molar refractivity (Wildman–Crippen MR) is 85.8 cm³/mol. The number of nitrogens with one attached hydrogen (secondary N) is 1. The van der Waals surface area contributed by atoms with Crippen LogP contribution in [0.25, 0.3) is 0 Å². The van der Waals surface area contributed by atoms with Crippen LogP contribution >= 0.6 is 0 Å². The second-order valence-corrected chi connectivity index (χ2v) is 5.34. The van der Waals surface area contributed by atoms with Crippen molar-refractivity contribution in [3.05, 3.63) is 71.8 Å². The van der Waals surface area contributed by atoms with E-state index in [0.29, 0.717) is 6.54 Å². The van der Waals surface area contributed by atoms with Gasteiger partial charge in [-0.15, -0.1) is 0 Å². The third-order valence-corrected chi connectivity index (χ3v) is 3.71. The Balaban J connectivity index is 2.20. The maximum absolute atomic E-state index is 6.13. The minimum Gasteiger partial charge on any atom is -0.329 e. The van der Waals surface area contributed by atoms with Crippen LogP contribution in [0.15, 0.2) is 60.7 Å². The van der Waals surface area contributed by atoms with Gasteiger partial charge in [-0.2, -0.15) is 0 Å². The molecule has 0 amide bonds. The quantitative estimate of drug-likeness (QED) is 0.810. The Morgan fingerprint density at radius 3 is 1.65 bits per heavy atom. The summed E-state index contributed by atoms with van der Waals surface area (Å²) in [6.45, 7) is 3.70. The summed E-state index contributed by atoms with van der Waals surface area (Å²) in [5.74, 6) is 0. The molecule has 0 aliphatic carbocycles. The van der Waals surface area contributed by atoms with Gasteiger partial charge in [-0.1, -0.05) is 67.6 Å². The molecule has 0 unspecified atom stereocenters. The molecule has 2 heteroatoms. The highest BCUT2D eigenvalue weighted by molar-refractivity contribution is 5.23. The summed E-state index contributed by atoms with van der Waals surface area (Å²) in [6, 6.07) is 21.2. The van der Waals surface area contributed by atoms with Gasteiger partial charge in [0, 0.05) is 12.1 Å². The van der Waals surface area contributed by atoms with Crippen LogP contribution in [-0.4, -0.2) is 18.6 Å². The van der Waals surface area contributed by atoms with Crippen molar-refractivity contribution in [2.45, 2.75) is 25.3 Å². The van der Waals surface area contributed by atoms with E-state index in [0.717, 1.165) is 19.4 Å². The van der Waals surface area contributed by atoms with E-state index in [1.54, 1.807) is 0 Å². The van der Waals surface area contributed by atoms with Crippen molar-refractivity contribution < 1.29 is 0 Å². The van der Waals surface area contributed by atoms with Gasteiger partial charge in [0.05, 0.1) is 0 Å². The van der Waals surface area contributed by atoms with Crippen LogP contribution in [0.2, 0.25) is 0 Å². The molecular weight excluding hydrogens is 244 g/mol. The van der Waals surface area contributed by atoms with E-state index in [1.807, 2.05) is 0 Å². The van der Waals surface area contributed by atoms with Crippen molar-refractivity contribution in [3.8, 4) is 0 Å². The molecule has 0 radical (unpaired) electrons. The monoisotopic (exact) mass is 268 g/mol. The van der Waals surface area contributed by atoms with E-state index in [9.17, 15) is 0 Å². The fourth-order valence-electron chi connectivity index (χ4n) is 2.75. The predicted octanol–water partition coefficient (Wildman–Crippen LogP) is 2.78. The number of benzene rings is 2. The molecule has 0 saturated carbocycles. The second kappa shape index (κ2) is 7.22. The molecule has 20 heavy (non-hydrogen) atoms. The van der Waals surface area contributed by atoms with Gasteiger partial charge in [0.15, 0.2) is 0 Å². The van der Waals surface area contributed by atoms with Crippen LogP contribution < -0.4 is 11.1 Å². The maximum Gasteiger partial charge on any atom is 0.0385 e. The molecule has 2 nitrogen and oxygen atoms in total. The van der Waals surface area contributed by atoms with Gasteiger partial charge >= 0.3 is 0 Å². The topological polar surface area (TPSA) is 38.0 Å².